The number of ether oxygens (including phenoxy) is 2. The standard InChI is InChI=1S/C23H23N3O5S/c1-3-30-22(29)16-8-7-9-17(12-16)24-21(28)15(2)32-23-25-18(13-20(27)26-23)14-31-19-10-5-4-6-11-19/h4-13,15H,3,14H2,1-2H3,(H,24,28)(H,25,26,27). The normalized spacial score (nSPS) is 11.4. The Hall–Kier alpha value is -3.59. The number of nitrogens with one attached hydrogen (secondary N) is 2. The summed E-state index contributed by atoms with van der Waals surface area (Å²) in [5.41, 5.74) is 0.945. The van der Waals surface area contributed by atoms with Crippen LogP contribution in [0, 0.1) is 0 Å². The second-order valence-electron chi connectivity index (χ2n) is 6.69. The van der Waals surface area contributed by atoms with Crippen molar-refractivity contribution < 1.29 is 19.1 Å². The predicted molar refractivity (Wildman–Crippen MR) is 122 cm³/mol. The van der Waals surface area contributed by atoms with Gasteiger partial charge in [-0.3, -0.25) is 9.59 Å². The van der Waals surface area contributed by atoms with Crippen LogP contribution in [0.4, 0.5) is 5.69 Å². The number of hydrogen-bond acceptors (Lipinski definition) is 7. The number of thioether (sulfide) groups is 1. The third-order valence-electron chi connectivity index (χ3n) is 4.20. The lowest BCUT2D eigenvalue weighted by atomic mass is 10.2. The molecule has 0 saturated carbocycles. The molecule has 0 bridgehead atoms. The smallest absolute Gasteiger partial charge is 0.338 e. The number of rotatable bonds is 9. The SMILES string of the molecule is CCOC(=O)c1cccc(NC(=O)C(C)Sc2nc(COc3ccccc3)cc(=O)[nH]2)c1. The van der Waals surface area contributed by atoms with Crippen LogP contribution < -0.4 is 15.6 Å². The Balaban J connectivity index is 1.62. The second kappa shape index (κ2) is 11.1. The van der Waals surface area contributed by atoms with Crippen molar-refractivity contribution >= 4 is 29.3 Å². The molecule has 2 N–H and O–H groups in total. The van der Waals surface area contributed by atoms with E-state index >= 15 is 0 Å². The highest BCUT2D eigenvalue weighted by Crippen LogP contribution is 2.21. The highest BCUT2D eigenvalue weighted by molar-refractivity contribution is 8.00. The molecule has 1 amide bonds. The lowest BCUT2D eigenvalue weighted by Crippen LogP contribution is -2.23. The van der Waals surface area contributed by atoms with Crippen LogP contribution in [0.5, 0.6) is 5.75 Å². The van der Waals surface area contributed by atoms with E-state index in [0.29, 0.717) is 27.9 Å². The van der Waals surface area contributed by atoms with Crippen molar-refractivity contribution in [3.05, 3.63) is 82.3 Å². The Morgan fingerprint density at radius 3 is 2.66 bits per heavy atom. The van der Waals surface area contributed by atoms with Crippen LogP contribution in [-0.4, -0.2) is 33.7 Å². The van der Waals surface area contributed by atoms with Gasteiger partial charge in [-0.05, 0) is 44.2 Å². The molecule has 166 valence electrons. The van der Waals surface area contributed by atoms with E-state index in [-0.39, 0.29) is 24.7 Å². The number of para-hydroxylation sites is 1. The number of carbonyl (C=O) groups excluding carboxylic acids is 2. The Morgan fingerprint density at radius 1 is 1.12 bits per heavy atom. The summed E-state index contributed by atoms with van der Waals surface area (Å²) in [5.74, 6) is -0.0893. The summed E-state index contributed by atoms with van der Waals surface area (Å²) >= 11 is 1.11. The van der Waals surface area contributed by atoms with Gasteiger partial charge in [-0.2, -0.15) is 0 Å². The molecule has 32 heavy (non-hydrogen) atoms. The summed E-state index contributed by atoms with van der Waals surface area (Å²) in [5, 5.41) is 2.51. The van der Waals surface area contributed by atoms with Crippen molar-refractivity contribution in [2.75, 3.05) is 11.9 Å². The van der Waals surface area contributed by atoms with Gasteiger partial charge in [0, 0.05) is 11.8 Å². The molecule has 3 rings (SSSR count). The zero-order valence-corrected chi connectivity index (χ0v) is 18.5. The van der Waals surface area contributed by atoms with Gasteiger partial charge >= 0.3 is 5.97 Å². The molecule has 0 fully saturated rings. The maximum Gasteiger partial charge on any atom is 0.338 e. The van der Waals surface area contributed by atoms with Crippen molar-refractivity contribution in [1.82, 2.24) is 9.97 Å². The van der Waals surface area contributed by atoms with Crippen LogP contribution >= 0.6 is 11.8 Å². The Morgan fingerprint density at radius 2 is 1.91 bits per heavy atom. The fourth-order valence-electron chi connectivity index (χ4n) is 2.69. The van der Waals surface area contributed by atoms with Gasteiger partial charge in [0.05, 0.1) is 23.1 Å². The molecule has 0 saturated heterocycles. The monoisotopic (exact) mass is 453 g/mol. The number of nitrogens with zero attached hydrogens (tertiary/aromatic N) is 1. The van der Waals surface area contributed by atoms with E-state index in [2.05, 4.69) is 15.3 Å². The summed E-state index contributed by atoms with van der Waals surface area (Å²) in [7, 11) is 0. The third-order valence-corrected chi connectivity index (χ3v) is 5.19. The van der Waals surface area contributed by atoms with Gasteiger partial charge < -0.3 is 19.8 Å². The average molecular weight is 454 g/mol. The number of anilines is 1. The van der Waals surface area contributed by atoms with Crippen LogP contribution in [0.25, 0.3) is 0 Å². The number of H-pyrrole nitrogens is 1. The third kappa shape index (κ3) is 6.71. The first-order valence-electron chi connectivity index (χ1n) is 9.97. The van der Waals surface area contributed by atoms with Crippen LogP contribution in [0.3, 0.4) is 0 Å². The zero-order chi connectivity index (χ0) is 22.9. The van der Waals surface area contributed by atoms with Crippen molar-refractivity contribution in [2.45, 2.75) is 30.9 Å². The second-order valence-corrected chi connectivity index (χ2v) is 8.02. The molecule has 9 heteroatoms. The van der Waals surface area contributed by atoms with Gasteiger partial charge in [0.1, 0.15) is 12.4 Å². The minimum Gasteiger partial charge on any atom is -0.487 e. The minimum absolute atomic E-state index is 0.128. The van der Waals surface area contributed by atoms with Crippen molar-refractivity contribution in [3.63, 3.8) is 0 Å². The molecule has 1 atom stereocenters. The van der Waals surface area contributed by atoms with E-state index in [0.717, 1.165) is 11.8 Å². The lowest BCUT2D eigenvalue weighted by molar-refractivity contribution is -0.115. The number of esters is 1. The molecule has 1 aromatic heterocycles. The minimum atomic E-state index is -0.560. The van der Waals surface area contributed by atoms with Crippen LogP contribution in [0.15, 0.2) is 70.6 Å². The number of carbonyl (C=O) groups is 2. The largest absolute Gasteiger partial charge is 0.487 e. The molecular formula is C23H23N3O5S. The summed E-state index contributed by atoms with van der Waals surface area (Å²) < 4.78 is 10.6. The fourth-order valence-corrected chi connectivity index (χ4v) is 3.52. The van der Waals surface area contributed by atoms with Crippen LogP contribution in [0.2, 0.25) is 0 Å². The summed E-state index contributed by atoms with van der Waals surface area (Å²) in [6, 6.07) is 17.1. The Bertz CT molecular complexity index is 1130. The van der Waals surface area contributed by atoms with Gasteiger partial charge in [-0.25, -0.2) is 9.78 Å². The first kappa shape index (κ1) is 23.1. The lowest BCUT2D eigenvalue weighted by Gasteiger charge is -2.13. The molecular weight excluding hydrogens is 430 g/mol. The van der Waals surface area contributed by atoms with E-state index in [1.54, 1.807) is 38.1 Å². The number of aromatic amines is 1. The quantitative estimate of drug-likeness (QED) is 0.289. The predicted octanol–water partition coefficient (Wildman–Crippen LogP) is 3.64. The van der Waals surface area contributed by atoms with E-state index in [9.17, 15) is 14.4 Å². The van der Waals surface area contributed by atoms with E-state index < -0.39 is 11.2 Å². The van der Waals surface area contributed by atoms with Crippen molar-refractivity contribution in [2.24, 2.45) is 0 Å². The molecule has 0 aliphatic rings. The molecule has 1 unspecified atom stereocenters. The van der Waals surface area contributed by atoms with Crippen molar-refractivity contribution in [1.29, 1.82) is 0 Å². The maximum atomic E-state index is 12.6. The van der Waals surface area contributed by atoms with E-state index in [1.165, 1.54) is 6.07 Å². The summed E-state index contributed by atoms with van der Waals surface area (Å²) in [6.45, 7) is 3.82. The average Bonchev–Trinajstić information content (AvgIpc) is 2.78. The molecule has 1 heterocycles. The van der Waals surface area contributed by atoms with Crippen molar-refractivity contribution in [3.8, 4) is 5.75 Å². The van der Waals surface area contributed by atoms with Gasteiger partial charge in [-0.1, -0.05) is 36.0 Å². The summed E-state index contributed by atoms with van der Waals surface area (Å²) in [4.78, 5) is 43.5. The first-order chi connectivity index (χ1) is 15.4. The van der Waals surface area contributed by atoms with Gasteiger partial charge in [0.15, 0.2) is 5.16 Å². The molecule has 0 aliphatic carbocycles. The zero-order valence-electron chi connectivity index (χ0n) is 17.7. The molecule has 3 aromatic rings. The number of hydrogen-bond donors (Lipinski definition) is 2. The molecule has 8 nitrogen and oxygen atoms in total. The fraction of sp³-hybridized carbons (Fsp3) is 0.217. The Kier molecular flexibility index (Phi) is 8.04. The van der Waals surface area contributed by atoms with Gasteiger partial charge in [0.2, 0.25) is 5.91 Å². The van der Waals surface area contributed by atoms with E-state index in [4.69, 9.17) is 9.47 Å². The molecule has 2 aromatic carbocycles. The summed E-state index contributed by atoms with van der Waals surface area (Å²) in [6.07, 6.45) is 0. The first-order valence-corrected chi connectivity index (χ1v) is 10.9. The topological polar surface area (TPSA) is 110 Å². The highest BCUT2D eigenvalue weighted by atomic mass is 32.2. The van der Waals surface area contributed by atoms with E-state index in [1.807, 2.05) is 30.3 Å². The van der Waals surface area contributed by atoms with Crippen LogP contribution in [0.1, 0.15) is 29.9 Å². The van der Waals surface area contributed by atoms with Gasteiger partial charge in [0.25, 0.3) is 5.56 Å². The Labute approximate surface area is 189 Å². The maximum absolute atomic E-state index is 12.6. The molecule has 0 aliphatic heterocycles. The molecule has 0 spiro atoms. The molecule has 0 radical (unpaired) electrons. The highest BCUT2D eigenvalue weighted by Gasteiger charge is 2.17. The van der Waals surface area contributed by atoms with Gasteiger partial charge in [-0.15, -0.1) is 0 Å². The van der Waals surface area contributed by atoms with Crippen LogP contribution in [-0.2, 0) is 16.1 Å². The number of benzene rings is 2. The number of aromatic nitrogens is 2. The number of amides is 1.